The zero-order valence-electron chi connectivity index (χ0n) is 15.6. The van der Waals surface area contributed by atoms with Gasteiger partial charge in [-0.25, -0.2) is 0 Å². The number of hydrogen-bond donors (Lipinski definition) is 1. The summed E-state index contributed by atoms with van der Waals surface area (Å²) in [4.78, 5) is 40.0. The number of benzene rings is 2. The van der Waals surface area contributed by atoms with Crippen LogP contribution in [0.4, 0.5) is 5.69 Å². The molecule has 0 spiro atoms. The van der Waals surface area contributed by atoms with Gasteiger partial charge in [-0.05, 0) is 31.2 Å². The number of para-hydroxylation sites is 1. The molecule has 0 aliphatic carbocycles. The fourth-order valence-electron chi connectivity index (χ4n) is 3.08. The minimum absolute atomic E-state index is 0.0890. The first kappa shape index (κ1) is 18.6. The third-order valence-electron chi connectivity index (χ3n) is 4.66. The molecule has 1 aliphatic heterocycles. The Morgan fingerprint density at radius 2 is 1.74 bits per heavy atom. The number of fused-ring (bicyclic) bond motifs is 1. The van der Waals surface area contributed by atoms with Crippen molar-refractivity contribution >= 4 is 23.4 Å². The van der Waals surface area contributed by atoms with Crippen LogP contribution >= 0.6 is 0 Å². The lowest BCUT2D eigenvalue weighted by Gasteiger charge is -2.19. The average molecular weight is 365 g/mol. The molecular formula is C21H23N3O3. The van der Waals surface area contributed by atoms with Gasteiger partial charge in [-0.15, -0.1) is 0 Å². The van der Waals surface area contributed by atoms with Gasteiger partial charge in [0.25, 0.3) is 11.8 Å². The van der Waals surface area contributed by atoms with Gasteiger partial charge in [-0.3, -0.25) is 19.3 Å². The minimum atomic E-state index is -0.327. The Morgan fingerprint density at radius 3 is 2.48 bits per heavy atom. The zero-order chi connectivity index (χ0) is 19.4. The molecule has 0 fully saturated rings. The van der Waals surface area contributed by atoms with Gasteiger partial charge in [0.2, 0.25) is 5.91 Å². The van der Waals surface area contributed by atoms with Crippen LogP contribution in [-0.4, -0.2) is 49.3 Å². The van der Waals surface area contributed by atoms with Gasteiger partial charge in [0.05, 0.1) is 11.1 Å². The average Bonchev–Trinajstić information content (AvgIpc) is 2.90. The van der Waals surface area contributed by atoms with E-state index in [4.69, 9.17) is 0 Å². The number of likely N-dealkylation sites (N-methyl/N-ethyl adjacent to an activating group) is 1. The Morgan fingerprint density at radius 1 is 1.04 bits per heavy atom. The van der Waals surface area contributed by atoms with Crippen molar-refractivity contribution in [2.24, 2.45) is 0 Å². The number of amides is 3. The highest BCUT2D eigenvalue weighted by Crippen LogP contribution is 2.23. The summed E-state index contributed by atoms with van der Waals surface area (Å²) in [6.45, 7) is 3.12. The molecule has 1 aliphatic rings. The molecule has 0 saturated heterocycles. The number of nitrogens with zero attached hydrogens (tertiary/aromatic N) is 2. The van der Waals surface area contributed by atoms with Crippen molar-refractivity contribution in [1.82, 2.24) is 10.2 Å². The predicted molar refractivity (Wildman–Crippen MR) is 104 cm³/mol. The first-order valence-electron chi connectivity index (χ1n) is 8.97. The second kappa shape index (κ2) is 8.03. The summed E-state index contributed by atoms with van der Waals surface area (Å²) >= 11 is 0. The van der Waals surface area contributed by atoms with E-state index >= 15 is 0 Å². The lowest BCUT2D eigenvalue weighted by atomic mass is 10.1. The minimum Gasteiger partial charge on any atom is -0.373 e. The maximum Gasteiger partial charge on any atom is 0.261 e. The van der Waals surface area contributed by atoms with Gasteiger partial charge >= 0.3 is 0 Å². The standard InChI is InChI=1S/C21H23N3O3/c1-15-8-9-17-18(14-15)21(27)24(20(17)26)12-10-19(25)22-11-13-23(2)16-6-4-3-5-7-16/h3-9,14H,10-13H2,1-2H3,(H,22,25). The van der Waals surface area contributed by atoms with Gasteiger partial charge in [0.1, 0.15) is 0 Å². The molecule has 2 aromatic rings. The summed E-state index contributed by atoms with van der Waals surface area (Å²) in [5, 5.41) is 2.84. The first-order valence-corrected chi connectivity index (χ1v) is 8.97. The van der Waals surface area contributed by atoms with E-state index in [0.29, 0.717) is 24.2 Å². The summed E-state index contributed by atoms with van der Waals surface area (Å²) in [5.74, 6) is -0.828. The Bertz CT molecular complexity index is 864. The molecule has 1 N–H and O–H groups in total. The highest BCUT2D eigenvalue weighted by Gasteiger charge is 2.35. The molecule has 6 nitrogen and oxygen atoms in total. The zero-order valence-corrected chi connectivity index (χ0v) is 15.6. The number of carbonyl (C=O) groups is 3. The molecule has 0 unspecified atom stereocenters. The molecule has 27 heavy (non-hydrogen) atoms. The van der Waals surface area contributed by atoms with E-state index in [1.165, 1.54) is 0 Å². The van der Waals surface area contributed by atoms with Crippen LogP contribution in [0.25, 0.3) is 0 Å². The van der Waals surface area contributed by atoms with Crippen molar-refractivity contribution < 1.29 is 14.4 Å². The topological polar surface area (TPSA) is 69.7 Å². The number of aryl methyl sites for hydroxylation is 1. The SMILES string of the molecule is Cc1ccc2c(c1)C(=O)N(CCC(=O)NCCN(C)c1ccccc1)C2=O. The van der Waals surface area contributed by atoms with Gasteiger partial charge < -0.3 is 10.2 Å². The van der Waals surface area contributed by atoms with Crippen molar-refractivity contribution in [3.8, 4) is 0 Å². The van der Waals surface area contributed by atoms with Crippen LogP contribution in [0.3, 0.4) is 0 Å². The van der Waals surface area contributed by atoms with E-state index in [9.17, 15) is 14.4 Å². The summed E-state index contributed by atoms with van der Waals surface area (Å²) < 4.78 is 0. The van der Waals surface area contributed by atoms with Gasteiger partial charge in [0, 0.05) is 38.8 Å². The fraction of sp³-hybridized carbons (Fsp3) is 0.286. The van der Waals surface area contributed by atoms with Crippen LogP contribution in [0, 0.1) is 6.92 Å². The van der Waals surface area contributed by atoms with Gasteiger partial charge in [-0.1, -0.05) is 29.8 Å². The third-order valence-corrected chi connectivity index (χ3v) is 4.66. The van der Waals surface area contributed by atoms with E-state index in [2.05, 4.69) is 5.32 Å². The number of carbonyl (C=O) groups excluding carboxylic acids is 3. The maximum absolute atomic E-state index is 12.4. The second-order valence-electron chi connectivity index (χ2n) is 6.67. The molecule has 3 amide bonds. The summed E-state index contributed by atoms with van der Waals surface area (Å²) in [6.07, 6.45) is 0.0967. The van der Waals surface area contributed by atoms with E-state index in [1.54, 1.807) is 12.1 Å². The molecule has 1 heterocycles. The van der Waals surface area contributed by atoms with Crippen molar-refractivity contribution in [1.29, 1.82) is 0 Å². The van der Waals surface area contributed by atoms with Crippen molar-refractivity contribution in [3.63, 3.8) is 0 Å². The monoisotopic (exact) mass is 365 g/mol. The maximum atomic E-state index is 12.4. The Hall–Kier alpha value is -3.15. The Kier molecular flexibility index (Phi) is 5.54. The largest absolute Gasteiger partial charge is 0.373 e. The van der Waals surface area contributed by atoms with Crippen molar-refractivity contribution in [3.05, 3.63) is 65.2 Å². The highest BCUT2D eigenvalue weighted by atomic mass is 16.2. The molecule has 2 aromatic carbocycles. The van der Waals surface area contributed by atoms with Gasteiger partial charge in [-0.2, -0.15) is 0 Å². The van der Waals surface area contributed by atoms with Crippen molar-refractivity contribution in [2.45, 2.75) is 13.3 Å². The molecule has 0 bridgehead atoms. The van der Waals surface area contributed by atoms with E-state index in [0.717, 1.165) is 16.2 Å². The number of hydrogen-bond acceptors (Lipinski definition) is 4. The lowest BCUT2D eigenvalue weighted by Crippen LogP contribution is -2.37. The number of imide groups is 1. The predicted octanol–water partition coefficient (Wildman–Crippen LogP) is 2.23. The van der Waals surface area contributed by atoms with Crippen molar-refractivity contribution in [2.75, 3.05) is 31.6 Å². The number of anilines is 1. The second-order valence-corrected chi connectivity index (χ2v) is 6.67. The van der Waals surface area contributed by atoms with E-state index in [1.807, 2.05) is 55.3 Å². The van der Waals surface area contributed by atoms with E-state index in [-0.39, 0.29) is 30.7 Å². The molecular weight excluding hydrogens is 342 g/mol. The van der Waals surface area contributed by atoms with Crippen LogP contribution in [-0.2, 0) is 4.79 Å². The van der Waals surface area contributed by atoms with Crippen LogP contribution in [0.5, 0.6) is 0 Å². The fourth-order valence-corrected chi connectivity index (χ4v) is 3.08. The molecule has 0 saturated carbocycles. The Labute approximate surface area is 158 Å². The van der Waals surface area contributed by atoms with Crippen LogP contribution in [0.15, 0.2) is 48.5 Å². The molecule has 140 valence electrons. The lowest BCUT2D eigenvalue weighted by molar-refractivity contribution is -0.121. The summed E-state index contributed by atoms with van der Waals surface area (Å²) in [7, 11) is 1.96. The summed E-state index contributed by atoms with van der Waals surface area (Å²) in [5.41, 5.74) is 2.84. The third kappa shape index (κ3) is 4.16. The molecule has 3 rings (SSSR count). The molecule has 0 aromatic heterocycles. The van der Waals surface area contributed by atoms with Crippen LogP contribution in [0.1, 0.15) is 32.7 Å². The van der Waals surface area contributed by atoms with Crippen LogP contribution in [0.2, 0.25) is 0 Å². The van der Waals surface area contributed by atoms with Crippen LogP contribution < -0.4 is 10.2 Å². The normalized spacial score (nSPS) is 12.9. The summed E-state index contributed by atoms with van der Waals surface area (Å²) in [6, 6.07) is 15.1. The molecule has 0 radical (unpaired) electrons. The Balaban J connectivity index is 1.46. The molecule has 6 heteroatoms. The number of rotatable bonds is 7. The first-order chi connectivity index (χ1) is 13.0. The van der Waals surface area contributed by atoms with E-state index < -0.39 is 0 Å². The quantitative estimate of drug-likeness (QED) is 0.764. The van der Waals surface area contributed by atoms with Gasteiger partial charge in [0.15, 0.2) is 0 Å². The number of nitrogens with one attached hydrogen (secondary N) is 1. The smallest absolute Gasteiger partial charge is 0.261 e. The molecule has 0 atom stereocenters. The highest BCUT2D eigenvalue weighted by molar-refractivity contribution is 6.21.